The Labute approximate surface area is 172 Å². The van der Waals surface area contributed by atoms with Gasteiger partial charge in [0.05, 0.1) is 16.8 Å². The van der Waals surface area contributed by atoms with Crippen molar-refractivity contribution in [3.8, 4) is 5.75 Å². The van der Waals surface area contributed by atoms with Gasteiger partial charge in [-0.15, -0.1) is 0 Å². The molecule has 1 aliphatic rings. The zero-order chi connectivity index (χ0) is 21.6. The Morgan fingerprint density at radius 2 is 1.57 bits per heavy atom. The summed E-state index contributed by atoms with van der Waals surface area (Å²) >= 11 is 0. The highest BCUT2D eigenvalue weighted by atomic mass is 19.4. The van der Waals surface area contributed by atoms with Gasteiger partial charge in [-0.25, -0.2) is 0 Å². The molecule has 2 amide bonds. The summed E-state index contributed by atoms with van der Waals surface area (Å²) in [6, 6.07) is 10.9. The van der Waals surface area contributed by atoms with Gasteiger partial charge in [-0.3, -0.25) is 9.59 Å². The minimum absolute atomic E-state index is 0.0538. The number of likely N-dealkylation sites (tertiary alicyclic amines) is 1. The van der Waals surface area contributed by atoms with E-state index in [-0.39, 0.29) is 29.5 Å². The number of hydrogen-bond acceptors (Lipinski definition) is 3. The fraction of sp³-hybridized carbons (Fsp3) is 0.364. The van der Waals surface area contributed by atoms with Crippen molar-refractivity contribution in [1.82, 2.24) is 4.90 Å². The number of nitrogens with one attached hydrogen (secondary N) is 1. The van der Waals surface area contributed by atoms with Crippen LogP contribution in [0.3, 0.4) is 0 Å². The summed E-state index contributed by atoms with van der Waals surface area (Å²) in [5, 5.41) is 2.30. The molecular formula is C22H23F3N2O3. The Morgan fingerprint density at radius 3 is 2.27 bits per heavy atom. The van der Waals surface area contributed by atoms with E-state index in [9.17, 15) is 22.8 Å². The largest absolute Gasteiger partial charge is 0.483 e. The second-order valence-electron chi connectivity index (χ2n) is 7.08. The molecule has 0 atom stereocenters. The molecule has 1 fully saturated rings. The third kappa shape index (κ3) is 5.52. The van der Waals surface area contributed by atoms with E-state index in [1.807, 2.05) is 0 Å². The normalized spacial score (nSPS) is 14.7. The molecule has 0 saturated carbocycles. The van der Waals surface area contributed by atoms with Crippen molar-refractivity contribution in [2.24, 2.45) is 0 Å². The number of amides is 2. The molecule has 1 N–H and O–H groups in total. The van der Waals surface area contributed by atoms with E-state index in [0.29, 0.717) is 13.1 Å². The number of hydrogen-bond donors (Lipinski definition) is 1. The van der Waals surface area contributed by atoms with Gasteiger partial charge in [0.15, 0.2) is 6.61 Å². The van der Waals surface area contributed by atoms with E-state index in [0.717, 1.165) is 31.7 Å². The van der Waals surface area contributed by atoms with Crippen LogP contribution >= 0.6 is 0 Å². The zero-order valence-electron chi connectivity index (χ0n) is 16.4. The van der Waals surface area contributed by atoms with Crippen molar-refractivity contribution in [3.63, 3.8) is 0 Å². The summed E-state index contributed by atoms with van der Waals surface area (Å²) < 4.78 is 45.1. The van der Waals surface area contributed by atoms with Gasteiger partial charge >= 0.3 is 6.18 Å². The topological polar surface area (TPSA) is 58.6 Å². The second-order valence-corrected chi connectivity index (χ2v) is 7.08. The van der Waals surface area contributed by atoms with Crippen LogP contribution in [0.5, 0.6) is 5.75 Å². The Kier molecular flexibility index (Phi) is 6.97. The number of benzene rings is 2. The van der Waals surface area contributed by atoms with Crippen LogP contribution < -0.4 is 10.1 Å². The first kappa shape index (κ1) is 21.7. The monoisotopic (exact) mass is 420 g/mol. The lowest BCUT2D eigenvalue weighted by Crippen LogP contribution is -2.35. The average molecular weight is 420 g/mol. The lowest BCUT2D eigenvalue weighted by molar-refractivity contribution is -0.137. The van der Waals surface area contributed by atoms with Crippen molar-refractivity contribution in [2.75, 3.05) is 25.0 Å². The van der Waals surface area contributed by atoms with Gasteiger partial charge in [0.1, 0.15) is 5.75 Å². The molecule has 0 unspecified atom stereocenters. The molecular weight excluding hydrogens is 397 g/mol. The third-order valence-corrected chi connectivity index (χ3v) is 4.92. The minimum Gasteiger partial charge on any atom is -0.483 e. The second kappa shape index (κ2) is 9.65. The van der Waals surface area contributed by atoms with Crippen molar-refractivity contribution in [3.05, 3.63) is 59.7 Å². The van der Waals surface area contributed by atoms with E-state index < -0.39 is 17.6 Å². The van der Waals surface area contributed by atoms with Crippen molar-refractivity contribution in [2.45, 2.75) is 31.9 Å². The fourth-order valence-electron chi connectivity index (χ4n) is 3.36. The predicted octanol–water partition coefficient (Wildman–Crippen LogP) is 4.74. The highest BCUT2D eigenvalue weighted by Crippen LogP contribution is 2.35. The van der Waals surface area contributed by atoms with Gasteiger partial charge < -0.3 is 15.0 Å². The maximum atomic E-state index is 13.2. The number of para-hydroxylation sites is 2. The highest BCUT2D eigenvalue weighted by molar-refractivity contribution is 6.06. The SMILES string of the molecule is O=C(Nc1ccccc1C(F)(F)F)c1ccccc1OCC(=O)N1CCCCCC1. The number of halogens is 3. The van der Waals surface area contributed by atoms with Crippen LogP contribution in [-0.2, 0) is 11.0 Å². The summed E-state index contributed by atoms with van der Waals surface area (Å²) in [4.78, 5) is 26.8. The van der Waals surface area contributed by atoms with E-state index >= 15 is 0 Å². The molecule has 1 heterocycles. The quantitative estimate of drug-likeness (QED) is 0.760. The predicted molar refractivity (Wildman–Crippen MR) is 106 cm³/mol. The van der Waals surface area contributed by atoms with E-state index in [4.69, 9.17) is 4.74 Å². The molecule has 1 saturated heterocycles. The maximum absolute atomic E-state index is 13.2. The third-order valence-electron chi connectivity index (χ3n) is 4.92. The summed E-state index contributed by atoms with van der Waals surface area (Å²) in [5.74, 6) is -0.776. The first-order chi connectivity index (χ1) is 14.4. The summed E-state index contributed by atoms with van der Waals surface area (Å²) in [6.45, 7) is 1.13. The molecule has 160 valence electrons. The van der Waals surface area contributed by atoms with Gasteiger partial charge in [-0.05, 0) is 37.1 Å². The van der Waals surface area contributed by atoms with Gasteiger partial charge in [-0.2, -0.15) is 13.2 Å². The summed E-state index contributed by atoms with van der Waals surface area (Å²) in [5.41, 5.74) is -1.23. The molecule has 1 aliphatic heterocycles. The van der Waals surface area contributed by atoms with Crippen molar-refractivity contribution in [1.29, 1.82) is 0 Å². The highest BCUT2D eigenvalue weighted by Gasteiger charge is 2.33. The number of nitrogens with zero attached hydrogens (tertiary/aromatic N) is 1. The number of rotatable bonds is 5. The summed E-state index contributed by atoms with van der Waals surface area (Å²) in [6.07, 6.45) is -0.522. The number of ether oxygens (including phenoxy) is 1. The van der Waals surface area contributed by atoms with Crippen LogP contribution in [0.15, 0.2) is 48.5 Å². The van der Waals surface area contributed by atoms with Crippen molar-refractivity contribution < 1.29 is 27.5 Å². The molecule has 0 spiro atoms. The molecule has 8 heteroatoms. The Morgan fingerprint density at radius 1 is 0.933 bits per heavy atom. The smallest absolute Gasteiger partial charge is 0.418 e. The van der Waals surface area contributed by atoms with Crippen LogP contribution in [0, 0.1) is 0 Å². The Bertz CT molecular complexity index is 891. The van der Waals surface area contributed by atoms with Gasteiger partial charge in [0.2, 0.25) is 0 Å². The van der Waals surface area contributed by atoms with E-state index in [2.05, 4.69) is 5.32 Å². The Balaban J connectivity index is 1.71. The van der Waals surface area contributed by atoms with Crippen LogP contribution in [0.2, 0.25) is 0 Å². The number of alkyl halides is 3. The standard InChI is InChI=1S/C22H23F3N2O3/c23-22(24,25)17-10-4-5-11-18(17)26-21(29)16-9-3-6-12-19(16)30-15-20(28)27-13-7-1-2-8-14-27/h3-6,9-12H,1-2,7-8,13-15H2,(H,26,29). The van der Waals surface area contributed by atoms with E-state index in [1.165, 1.54) is 30.3 Å². The molecule has 30 heavy (non-hydrogen) atoms. The fourth-order valence-corrected chi connectivity index (χ4v) is 3.36. The molecule has 0 aliphatic carbocycles. The molecule has 0 radical (unpaired) electrons. The van der Waals surface area contributed by atoms with Crippen molar-refractivity contribution >= 4 is 17.5 Å². The van der Waals surface area contributed by atoms with Crippen LogP contribution in [-0.4, -0.2) is 36.4 Å². The average Bonchev–Trinajstić information content (AvgIpc) is 3.01. The van der Waals surface area contributed by atoms with Crippen LogP contribution in [0.4, 0.5) is 18.9 Å². The first-order valence-corrected chi connectivity index (χ1v) is 9.83. The Hall–Kier alpha value is -3.03. The molecule has 5 nitrogen and oxygen atoms in total. The maximum Gasteiger partial charge on any atom is 0.418 e. The van der Waals surface area contributed by atoms with Gasteiger partial charge in [0, 0.05) is 13.1 Å². The molecule has 2 aromatic carbocycles. The van der Waals surface area contributed by atoms with Crippen LogP contribution in [0.1, 0.15) is 41.6 Å². The van der Waals surface area contributed by atoms with E-state index in [1.54, 1.807) is 17.0 Å². The first-order valence-electron chi connectivity index (χ1n) is 9.83. The number of carbonyl (C=O) groups is 2. The lowest BCUT2D eigenvalue weighted by Gasteiger charge is -2.21. The van der Waals surface area contributed by atoms with Crippen LogP contribution in [0.25, 0.3) is 0 Å². The van der Waals surface area contributed by atoms with Gasteiger partial charge in [-0.1, -0.05) is 37.1 Å². The lowest BCUT2D eigenvalue weighted by atomic mass is 10.1. The molecule has 0 bridgehead atoms. The zero-order valence-corrected chi connectivity index (χ0v) is 16.4. The number of anilines is 1. The molecule has 2 aromatic rings. The summed E-state index contributed by atoms with van der Waals surface area (Å²) in [7, 11) is 0. The molecule has 3 rings (SSSR count). The molecule has 0 aromatic heterocycles. The number of carbonyl (C=O) groups excluding carboxylic acids is 2. The minimum atomic E-state index is -4.60. The van der Waals surface area contributed by atoms with Gasteiger partial charge in [0.25, 0.3) is 11.8 Å².